The Kier molecular flexibility index (Phi) is 5.24. The normalized spacial score (nSPS) is 15.1. The van der Waals surface area contributed by atoms with Gasteiger partial charge < -0.3 is 14.8 Å². The molecule has 1 saturated carbocycles. The lowest BCUT2D eigenvalue weighted by atomic mass is 10.2. The van der Waals surface area contributed by atoms with E-state index in [1.54, 1.807) is 7.11 Å². The second kappa shape index (κ2) is 7.56. The molecular weight excluding hydrogens is 298 g/mol. The van der Waals surface area contributed by atoms with Crippen LogP contribution in [-0.2, 0) is 11.2 Å². The number of ether oxygens (including phenoxy) is 2. The molecular formula is C16H21N3O2S. The molecule has 1 aromatic heterocycles. The van der Waals surface area contributed by atoms with Gasteiger partial charge in [-0.1, -0.05) is 6.07 Å². The average molecular weight is 319 g/mol. The highest BCUT2D eigenvalue weighted by Gasteiger charge is 2.16. The van der Waals surface area contributed by atoms with Crippen LogP contribution < -0.4 is 10.1 Å². The predicted octanol–water partition coefficient (Wildman–Crippen LogP) is 3.79. The highest BCUT2D eigenvalue weighted by Crippen LogP contribution is 2.27. The lowest BCUT2D eigenvalue weighted by molar-refractivity contribution is 0.201. The third kappa shape index (κ3) is 4.18. The van der Waals surface area contributed by atoms with Crippen molar-refractivity contribution in [3.63, 3.8) is 0 Å². The van der Waals surface area contributed by atoms with Gasteiger partial charge in [-0.05, 0) is 37.8 Å². The van der Waals surface area contributed by atoms with E-state index in [0.717, 1.165) is 41.7 Å². The molecule has 0 aliphatic heterocycles. The Labute approximate surface area is 134 Å². The van der Waals surface area contributed by atoms with Gasteiger partial charge in [-0.25, -0.2) is 4.98 Å². The van der Waals surface area contributed by atoms with Gasteiger partial charge in [0.15, 0.2) is 0 Å². The van der Waals surface area contributed by atoms with Crippen LogP contribution in [0.1, 0.15) is 31.5 Å². The Morgan fingerprint density at radius 1 is 1.32 bits per heavy atom. The van der Waals surface area contributed by atoms with Crippen molar-refractivity contribution in [2.24, 2.45) is 0 Å². The molecule has 6 heteroatoms. The number of rotatable bonds is 7. The summed E-state index contributed by atoms with van der Waals surface area (Å²) in [7, 11) is 1.68. The topological polar surface area (TPSA) is 56.3 Å². The van der Waals surface area contributed by atoms with Gasteiger partial charge in [0.05, 0.1) is 12.7 Å². The molecule has 1 fully saturated rings. The van der Waals surface area contributed by atoms with Crippen molar-refractivity contribution < 1.29 is 9.47 Å². The molecule has 0 spiro atoms. The fourth-order valence-electron chi connectivity index (χ4n) is 2.57. The van der Waals surface area contributed by atoms with Crippen LogP contribution in [0.4, 0.5) is 10.8 Å². The maximum absolute atomic E-state index is 6.02. The number of hydrogen-bond acceptors (Lipinski definition) is 6. The van der Waals surface area contributed by atoms with Gasteiger partial charge in [-0.15, -0.1) is 0 Å². The SMILES string of the molecule is COCCc1nsc(Nc2cccc(OC3CCCC3)c2)n1. The summed E-state index contributed by atoms with van der Waals surface area (Å²) in [6.07, 6.45) is 5.99. The molecule has 1 heterocycles. The van der Waals surface area contributed by atoms with Crippen molar-refractivity contribution in [1.29, 1.82) is 0 Å². The summed E-state index contributed by atoms with van der Waals surface area (Å²) >= 11 is 1.36. The monoisotopic (exact) mass is 319 g/mol. The summed E-state index contributed by atoms with van der Waals surface area (Å²) in [5.74, 6) is 1.73. The van der Waals surface area contributed by atoms with E-state index in [4.69, 9.17) is 9.47 Å². The number of anilines is 2. The molecule has 118 valence electrons. The Bertz CT molecular complexity index is 597. The first-order chi connectivity index (χ1) is 10.8. The van der Waals surface area contributed by atoms with Gasteiger partial charge in [0.2, 0.25) is 5.13 Å². The number of nitrogens with zero attached hydrogens (tertiary/aromatic N) is 2. The van der Waals surface area contributed by atoms with E-state index in [-0.39, 0.29) is 0 Å². The second-order valence-electron chi connectivity index (χ2n) is 5.44. The lowest BCUT2D eigenvalue weighted by Gasteiger charge is -2.13. The molecule has 1 N–H and O–H groups in total. The van der Waals surface area contributed by atoms with Gasteiger partial charge in [0.1, 0.15) is 11.6 Å². The Balaban J connectivity index is 1.60. The average Bonchev–Trinajstić information content (AvgIpc) is 3.17. The molecule has 2 aromatic rings. The zero-order chi connectivity index (χ0) is 15.2. The van der Waals surface area contributed by atoms with E-state index in [1.165, 1.54) is 24.4 Å². The van der Waals surface area contributed by atoms with Crippen molar-refractivity contribution in [3.8, 4) is 5.75 Å². The van der Waals surface area contributed by atoms with Crippen LogP contribution in [0.2, 0.25) is 0 Å². The van der Waals surface area contributed by atoms with Crippen LogP contribution in [-0.4, -0.2) is 29.2 Å². The first-order valence-corrected chi connectivity index (χ1v) is 8.46. The maximum atomic E-state index is 6.02. The second-order valence-corrected chi connectivity index (χ2v) is 6.19. The van der Waals surface area contributed by atoms with Crippen molar-refractivity contribution in [2.75, 3.05) is 19.0 Å². The van der Waals surface area contributed by atoms with E-state index in [2.05, 4.69) is 14.7 Å². The summed E-state index contributed by atoms with van der Waals surface area (Å²) in [5, 5.41) is 4.09. The van der Waals surface area contributed by atoms with E-state index in [0.29, 0.717) is 12.7 Å². The van der Waals surface area contributed by atoms with Crippen LogP contribution in [0, 0.1) is 0 Å². The quantitative estimate of drug-likeness (QED) is 0.841. The minimum atomic E-state index is 0.373. The highest BCUT2D eigenvalue weighted by molar-refractivity contribution is 7.09. The van der Waals surface area contributed by atoms with Gasteiger partial charge in [0, 0.05) is 36.8 Å². The van der Waals surface area contributed by atoms with Gasteiger partial charge in [-0.2, -0.15) is 4.37 Å². The van der Waals surface area contributed by atoms with Crippen LogP contribution in [0.5, 0.6) is 5.75 Å². The molecule has 1 aliphatic carbocycles. The standard InChI is InChI=1S/C16H21N3O2S/c1-20-10-9-15-18-16(22-19-15)17-12-5-4-8-14(11-12)21-13-6-2-3-7-13/h4-5,8,11,13H,2-3,6-7,9-10H2,1H3,(H,17,18,19). The summed E-state index contributed by atoms with van der Waals surface area (Å²) in [6.45, 7) is 0.640. The molecule has 3 rings (SSSR count). The first kappa shape index (κ1) is 15.2. The summed E-state index contributed by atoms with van der Waals surface area (Å²) in [5.41, 5.74) is 0.977. The van der Waals surface area contributed by atoms with Crippen molar-refractivity contribution in [2.45, 2.75) is 38.2 Å². The van der Waals surface area contributed by atoms with Crippen molar-refractivity contribution in [1.82, 2.24) is 9.36 Å². The van der Waals surface area contributed by atoms with Gasteiger partial charge >= 0.3 is 0 Å². The van der Waals surface area contributed by atoms with Gasteiger partial charge in [0.25, 0.3) is 0 Å². The third-order valence-corrected chi connectivity index (χ3v) is 4.36. The third-order valence-electron chi connectivity index (χ3n) is 3.69. The smallest absolute Gasteiger partial charge is 0.207 e. The summed E-state index contributed by atoms with van der Waals surface area (Å²) in [4.78, 5) is 4.45. The zero-order valence-corrected chi connectivity index (χ0v) is 13.6. The number of benzene rings is 1. The van der Waals surface area contributed by atoms with Crippen LogP contribution in [0.15, 0.2) is 24.3 Å². The minimum absolute atomic E-state index is 0.373. The number of hydrogen-bond donors (Lipinski definition) is 1. The molecule has 1 aliphatic rings. The highest BCUT2D eigenvalue weighted by atomic mass is 32.1. The molecule has 22 heavy (non-hydrogen) atoms. The Morgan fingerprint density at radius 3 is 3.00 bits per heavy atom. The van der Waals surface area contributed by atoms with E-state index >= 15 is 0 Å². The molecule has 5 nitrogen and oxygen atoms in total. The molecule has 0 atom stereocenters. The minimum Gasteiger partial charge on any atom is -0.490 e. The lowest BCUT2D eigenvalue weighted by Crippen LogP contribution is -2.10. The van der Waals surface area contributed by atoms with Crippen molar-refractivity contribution >= 4 is 22.4 Å². The molecule has 0 unspecified atom stereocenters. The summed E-state index contributed by atoms with van der Waals surface area (Å²) < 4.78 is 15.4. The number of methoxy groups -OCH3 is 1. The van der Waals surface area contributed by atoms with E-state index < -0.39 is 0 Å². The number of nitrogens with one attached hydrogen (secondary N) is 1. The Hall–Kier alpha value is -1.66. The van der Waals surface area contributed by atoms with Gasteiger partial charge in [-0.3, -0.25) is 0 Å². The zero-order valence-electron chi connectivity index (χ0n) is 12.7. The largest absolute Gasteiger partial charge is 0.490 e. The van der Waals surface area contributed by atoms with E-state index in [1.807, 2.05) is 24.3 Å². The summed E-state index contributed by atoms with van der Waals surface area (Å²) in [6, 6.07) is 8.04. The Morgan fingerprint density at radius 2 is 2.18 bits per heavy atom. The fourth-order valence-corrected chi connectivity index (χ4v) is 3.20. The fraction of sp³-hybridized carbons (Fsp3) is 0.500. The molecule has 0 saturated heterocycles. The first-order valence-electron chi connectivity index (χ1n) is 7.69. The van der Waals surface area contributed by atoms with Crippen molar-refractivity contribution in [3.05, 3.63) is 30.1 Å². The van der Waals surface area contributed by atoms with Crippen LogP contribution >= 0.6 is 11.5 Å². The molecule has 1 aromatic carbocycles. The molecule has 0 radical (unpaired) electrons. The maximum Gasteiger partial charge on any atom is 0.207 e. The van der Waals surface area contributed by atoms with Crippen LogP contribution in [0.3, 0.4) is 0 Å². The number of aromatic nitrogens is 2. The molecule has 0 bridgehead atoms. The predicted molar refractivity (Wildman–Crippen MR) is 88.1 cm³/mol. The van der Waals surface area contributed by atoms with E-state index in [9.17, 15) is 0 Å². The molecule has 0 amide bonds. The van der Waals surface area contributed by atoms with Crippen LogP contribution in [0.25, 0.3) is 0 Å².